The fraction of sp³-hybridized carbons (Fsp3) is 0.733. The third-order valence-electron chi connectivity index (χ3n) is 3.22. The highest BCUT2D eigenvalue weighted by molar-refractivity contribution is 5.48. The highest BCUT2D eigenvalue weighted by Gasteiger charge is 2.12. The Labute approximate surface area is 117 Å². The fourth-order valence-electron chi connectivity index (χ4n) is 2.00. The van der Waals surface area contributed by atoms with Crippen LogP contribution in [-0.4, -0.2) is 22.6 Å². The first kappa shape index (κ1) is 15.7. The predicted octanol–water partition coefficient (Wildman–Crippen LogP) is 3.71. The molecule has 0 aliphatic heterocycles. The average molecular weight is 264 g/mol. The van der Waals surface area contributed by atoms with Crippen LogP contribution in [0.25, 0.3) is 0 Å². The van der Waals surface area contributed by atoms with E-state index in [4.69, 9.17) is 0 Å². The number of aryl methyl sites for hydroxylation is 1. The lowest BCUT2D eigenvalue weighted by Crippen LogP contribution is -2.25. The van der Waals surface area contributed by atoms with E-state index in [0.29, 0.717) is 12.0 Å². The Morgan fingerprint density at radius 2 is 1.79 bits per heavy atom. The van der Waals surface area contributed by atoms with Crippen molar-refractivity contribution in [3.63, 3.8) is 0 Å². The molecule has 0 spiro atoms. The SMILES string of the molecule is CCCNc1cc(NC(CC)C(C)C)nc(CC)n1. The van der Waals surface area contributed by atoms with Crippen LogP contribution in [-0.2, 0) is 6.42 Å². The van der Waals surface area contributed by atoms with Crippen molar-refractivity contribution in [1.82, 2.24) is 9.97 Å². The smallest absolute Gasteiger partial charge is 0.132 e. The lowest BCUT2D eigenvalue weighted by Gasteiger charge is -2.22. The van der Waals surface area contributed by atoms with Crippen molar-refractivity contribution in [3.8, 4) is 0 Å². The quantitative estimate of drug-likeness (QED) is 0.751. The van der Waals surface area contributed by atoms with E-state index in [-0.39, 0.29) is 0 Å². The maximum Gasteiger partial charge on any atom is 0.132 e. The lowest BCUT2D eigenvalue weighted by atomic mass is 10.0. The molecule has 2 N–H and O–H groups in total. The molecule has 0 saturated heterocycles. The van der Waals surface area contributed by atoms with Gasteiger partial charge in [-0.1, -0.05) is 34.6 Å². The standard InChI is InChI=1S/C15H28N4/c1-6-9-16-14-10-15(19-13(8-3)18-14)17-12(7-2)11(4)5/h10-12H,6-9H2,1-5H3,(H2,16,17,18,19). The Kier molecular flexibility index (Phi) is 6.60. The van der Waals surface area contributed by atoms with Crippen molar-refractivity contribution in [2.45, 2.75) is 59.9 Å². The van der Waals surface area contributed by atoms with Crippen molar-refractivity contribution >= 4 is 11.6 Å². The van der Waals surface area contributed by atoms with Crippen LogP contribution in [0.2, 0.25) is 0 Å². The minimum Gasteiger partial charge on any atom is -0.370 e. The molecule has 1 unspecified atom stereocenters. The second kappa shape index (κ2) is 7.97. The molecule has 1 heterocycles. The van der Waals surface area contributed by atoms with Gasteiger partial charge in [0.15, 0.2) is 0 Å². The lowest BCUT2D eigenvalue weighted by molar-refractivity contribution is 0.509. The molecule has 4 heteroatoms. The molecule has 19 heavy (non-hydrogen) atoms. The zero-order chi connectivity index (χ0) is 14.3. The average Bonchev–Trinajstić information content (AvgIpc) is 2.41. The molecule has 1 aromatic heterocycles. The number of aromatic nitrogens is 2. The van der Waals surface area contributed by atoms with Crippen LogP contribution in [0.4, 0.5) is 11.6 Å². The molecule has 0 fully saturated rings. The maximum atomic E-state index is 4.57. The van der Waals surface area contributed by atoms with Gasteiger partial charge in [0, 0.05) is 25.1 Å². The number of rotatable bonds is 8. The summed E-state index contributed by atoms with van der Waals surface area (Å²) in [6.07, 6.45) is 3.05. The van der Waals surface area contributed by atoms with Crippen molar-refractivity contribution in [2.75, 3.05) is 17.2 Å². The Balaban J connectivity index is 2.86. The van der Waals surface area contributed by atoms with E-state index >= 15 is 0 Å². The van der Waals surface area contributed by atoms with Crippen LogP contribution >= 0.6 is 0 Å². The molecule has 0 radical (unpaired) electrons. The van der Waals surface area contributed by atoms with Gasteiger partial charge in [-0.2, -0.15) is 0 Å². The van der Waals surface area contributed by atoms with Gasteiger partial charge in [0.25, 0.3) is 0 Å². The molecule has 1 rings (SSSR count). The highest BCUT2D eigenvalue weighted by Crippen LogP contribution is 2.16. The van der Waals surface area contributed by atoms with Gasteiger partial charge in [-0.25, -0.2) is 9.97 Å². The van der Waals surface area contributed by atoms with Gasteiger partial charge < -0.3 is 10.6 Å². The Hall–Kier alpha value is -1.32. The van der Waals surface area contributed by atoms with Gasteiger partial charge in [0.2, 0.25) is 0 Å². The van der Waals surface area contributed by atoms with Gasteiger partial charge >= 0.3 is 0 Å². The topological polar surface area (TPSA) is 49.8 Å². The third-order valence-corrected chi connectivity index (χ3v) is 3.22. The van der Waals surface area contributed by atoms with E-state index in [9.17, 15) is 0 Å². The molecule has 0 bridgehead atoms. The molecule has 1 aromatic rings. The van der Waals surface area contributed by atoms with E-state index in [1.165, 1.54) is 0 Å². The van der Waals surface area contributed by atoms with Crippen LogP contribution in [0.15, 0.2) is 6.07 Å². The molecule has 0 aliphatic carbocycles. The number of hydrogen-bond acceptors (Lipinski definition) is 4. The summed E-state index contributed by atoms with van der Waals surface area (Å²) >= 11 is 0. The van der Waals surface area contributed by atoms with E-state index in [1.807, 2.05) is 6.07 Å². The van der Waals surface area contributed by atoms with Crippen molar-refractivity contribution < 1.29 is 0 Å². The van der Waals surface area contributed by atoms with Crippen LogP contribution in [0.1, 0.15) is 53.3 Å². The Bertz CT molecular complexity index is 376. The molecular formula is C15H28N4. The van der Waals surface area contributed by atoms with E-state index in [1.54, 1.807) is 0 Å². The van der Waals surface area contributed by atoms with Crippen molar-refractivity contribution in [3.05, 3.63) is 11.9 Å². The number of anilines is 2. The second-order valence-electron chi connectivity index (χ2n) is 5.24. The molecule has 0 saturated carbocycles. The summed E-state index contributed by atoms with van der Waals surface area (Å²) in [5.74, 6) is 3.35. The first-order chi connectivity index (χ1) is 9.10. The zero-order valence-electron chi connectivity index (χ0n) is 13.0. The minimum atomic E-state index is 0.457. The van der Waals surface area contributed by atoms with Crippen molar-refractivity contribution in [1.29, 1.82) is 0 Å². The summed E-state index contributed by atoms with van der Waals surface area (Å²) in [4.78, 5) is 9.07. The first-order valence-corrected chi connectivity index (χ1v) is 7.49. The summed E-state index contributed by atoms with van der Waals surface area (Å²) in [6.45, 7) is 11.9. The molecule has 0 aliphatic rings. The minimum absolute atomic E-state index is 0.457. The maximum absolute atomic E-state index is 4.57. The summed E-state index contributed by atoms with van der Waals surface area (Å²) in [6, 6.07) is 2.47. The number of nitrogens with zero attached hydrogens (tertiary/aromatic N) is 2. The molecule has 108 valence electrons. The fourth-order valence-corrected chi connectivity index (χ4v) is 2.00. The normalized spacial score (nSPS) is 12.5. The molecule has 0 aromatic carbocycles. The van der Waals surface area contributed by atoms with Crippen LogP contribution in [0, 0.1) is 5.92 Å². The molecular weight excluding hydrogens is 236 g/mol. The summed E-state index contributed by atoms with van der Waals surface area (Å²) in [7, 11) is 0. The summed E-state index contributed by atoms with van der Waals surface area (Å²) in [5, 5.41) is 6.87. The summed E-state index contributed by atoms with van der Waals surface area (Å²) < 4.78 is 0. The predicted molar refractivity (Wildman–Crippen MR) is 82.7 cm³/mol. The zero-order valence-corrected chi connectivity index (χ0v) is 13.0. The van der Waals surface area contributed by atoms with Crippen LogP contribution in [0.5, 0.6) is 0 Å². The van der Waals surface area contributed by atoms with E-state index in [2.05, 4.69) is 55.2 Å². The van der Waals surface area contributed by atoms with Crippen LogP contribution in [0.3, 0.4) is 0 Å². The van der Waals surface area contributed by atoms with Gasteiger partial charge in [-0.15, -0.1) is 0 Å². The van der Waals surface area contributed by atoms with Gasteiger partial charge in [0.1, 0.15) is 17.5 Å². The van der Waals surface area contributed by atoms with Crippen LogP contribution < -0.4 is 10.6 Å². The van der Waals surface area contributed by atoms with Crippen molar-refractivity contribution in [2.24, 2.45) is 5.92 Å². The Morgan fingerprint density at radius 1 is 1.11 bits per heavy atom. The molecule has 1 atom stereocenters. The first-order valence-electron chi connectivity index (χ1n) is 7.49. The van der Waals surface area contributed by atoms with Gasteiger partial charge in [0.05, 0.1) is 0 Å². The number of hydrogen-bond donors (Lipinski definition) is 2. The largest absolute Gasteiger partial charge is 0.370 e. The van der Waals surface area contributed by atoms with E-state index < -0.39 is 0 Å². The molecule has 4 nitrogen and oxygen atoms in total. The molecule has 0 amide bonds. The summed E-state index contributed by atoms with van der Waals surface area (Å²) in [5.41, 5.74) is 0. The highest BCUT2D eigenvalue weighted by atomic mass is 15.1. The Morgan fingerprint density at radius 3 is 2.32 bits per heavy atom. The monoisotopic (exact) mass is 264 g/mol. The van der Waals surface area contributed by atoms with E-state index in [0.717, 1.165) is 43.3 Å². The van der Waals surface area contributed by atoms with Gasteiger partial charge in [-0.3, -0.25) is 0 Å². The second-order valence-corrected chi connectivity index (χ2v) is 5.24. The van der Waals surface area contributed by atoms with Gasteiger partial charge in [-0.05, 0) is 18.8 Å². The third kappa shape index (κ3) is 5.05. The number of nitrogens with one attached hydrogen (secondary N) is 2.